The van der Waals surface area contributed by atoms with Crippen LogP contribution in [0.3, 0.4) is 0 Å². The molecule has 1 heterocycles. The van der Waals surface area contributed by atoms with Gasteiger partial charge in [0, 0.05) is 19.5 Å². The zero-order valence-corrected chi connectivity index (χ0v) is 18.4. The fraction of sp³-hybridized carbons (Fsp3) is 0.455. The minimum absolute atomic E-state index is 0.0119. The van der Waals surface area contributed by atoms with Gasteiger partial charge in [0.15, 0.2) is 12.3 Å². The molecular formula is C22H29FN4O5. The van der Waals surface area contributed by atoms with E-state index in [1.807, 2.05) is 13.8 Å². The number of aromatic nitrogens is 2. The average Bonchev–Trinajstić information content (AvgIpc) is 2.76. The normalized spacial score (nSPS) is 10.7. The molecular weight excluding hydrogens is 419 g/mol. The Hall–Kier alpha value is -3.43. The van der Waals surface area contributed by atoms with Gasteiger partial charge in [0.05, 0.1) is 0 Å². The Kier molecular flexibility index (Phi) is 9.18. The van der Waals surface area contributed by atoms with E-state index in [1.165, 1.54) is 16.7 Å². The number of nitrogens with one attached hydrogen (secondary N) is 1. The lowest BCUT2D eigenvalue weighted by atomic mass is 10.1. The van der Waals surface area contributed by atoms with Crippen molar-refractivity contribution in [3.05, 3.63) is 56.5 Å². The van der Waals surface area contributed by atoms with Crippen LogP contribution in [0, 0.1) is 5.82 Å². The molecule has 0 aliphatic heterocycles. The van der Waals surface area contributed by atoms with Crippen LogP contribution in [0.25, 0.3) is 0 Å². The highest BCUT2D eigenvalue weighted by Gasteiger charge is 2.24. The molecule has 0 saturated carbocycles. The Morgan fingerprint density at radius 3 is 2.47 bits per heavy atom. The number of carbonyl (C=O) groups is 2. The van der Waals surface area contributed by atoms with Crippen molar-refractivity contribution in [2.75, 3.05) is 23.8 Å². The quantitative estimate of drug-likeness (QED) is 0.506. The molecule has 0 unspecified atom stereocenters. The molecule has 0 radical (unpaired) electrons. The van der Waals surface area contributed by atoms with Gasteiger partial charge >= 0.3 is 11.7 Å². The van der Waals surface area contributed by atoms with Gasteiger partial charge in [0.1, 0.15) is 11.6 Å². The summed E-state index contributed by atoms with van der Waals surface area (Å²) in [5.74, 6) is -1.69. The van der Waals surface area contributed by atoms with Crippen molar-refractivity contribution >= 4 is 23.4 Å². The Morgan fingerprint density at radius 1 is 1.16 bits per heavy atom. The van der Waals surface area contributed by atoms with E-state index in [9.17, 15) is 23.6 Å². The van der Waals surface area contributed by atoms with E-state index in [-0.39, 0.29) is 36.8 Å². The van der Waals surface area contributed by atoms with Crippen LogP contribution in [0.5, 0.6) is 0 Å². The number of unbranched alkanes of at least 4 members (excludes halogenated alkanes) is 1. The largest absolute Gasteiger partial charge is 0.456 e. The first-order chi connectivity index (χ1) is 15.3. The first-order valence-corrected chi connectivity index (χ1v) is 10.6. The number of nitrogens with zero attached hydrogens (tertiary/aromatic N) is 2. The number of hydrogen-bond donors (Lipinski definition) is 2. The van der Waals surface area contributed by atoms with Crippen molar-refractivity contribution < 1.29 is 18.7 Å². The van der Waals surface area contributed by atoms with E-state index >= 15 is 0 Å². The lowest BCUT2D eigenvalue weighted by Gasteiger charge is -2.24. The summed E-state index contributed by atoms with van der Waals surface area (Å²) >= 11 is 0. The van der Waals surface area contributed by atoms with Gasteiger partial charge in [0.2, 0.25) is 0 Å². The minimum Gasteiger partial charge on any atom is -0.456 e. The monoisotopic (exact) mass is 448 g/mol. The standard InChI is InChI=1S/C22H29FN4O5/c1-3-5-13-26(19-20(24)27(12-4-2)22(31)25-21(19)30)17(28)14-32-18(29)11-8-15-6-9-16(23)10-7-15/h6-7,9-10H,3-5,8,11-14,24H2,1-2H3,(H,25,30,31). The third-order valence-electron chi connectivity index (χ3n) is 4.86. The smallest absolute Gasteiger partial charge is 0.330 e. The fourth-order valence-corrected chi connectivity index (χ4v) is 3.15. The van der Waals surface area contributed by atoms with Crippen LogP contribution in [0.15, 0.2) is 33.9 Å². The third kappa shape index (κ3) is 6.53. The highest BCUT2D eigenvalue weighted by atomic mass is 19.1. The lowest BCUT2D eigenvalue weighted by molar-refractivity contribution is -0.147. The molecule has 1 aromatic carbocycles. The van der Waals surface area contributed by atoms with Crippen LogP contribution in [-0.2, 0) is 27.3 Å². The summed E-state index contributed by atoms with van der Waals surface area (Å²) in [7, 11) is 0. The van der Waals surface area contributed by atoms with E-state index in [4.69, 9.17) is 10.5 Å². The number of nitrogens with two attached hydrogens (primary N) is 1. The minimum atomic E-state index is -0.771. The molecule has 0 bridgehead atoms. The maximum atomic E-state index is 13.0. The molecule has 0 fully saturated rings. The number of amides is 1. The van der Waals surface area contributed by atoms with Crippen LogP contribution >= 0.6 is 0 Å². The van der Waals surface area contributed by atoms with E-state index in [0.717, 1.165) is 16.9 Å². The number of esters is 1. The number of anilines is 2. The summed E-state index contributed by atoms with van der Waals surface area (Å²) in [6.45, 7) is 3.66. The highest BCUT2D eigenvalue weighted by molar-refractivity contribution is 5.97. The molecule has 1 aromatic heterocycles. The summed E-state index contributed by atoms with van der Waals surface area (Å²) < 4.78 is 19.3. The molecule has 3 N–H and O–H groups in total. The zero-order chi connectivity index (χ0) is 23.7. The Morgan fingerprint density at radius 2 is 1.84 bits per heavy atom. The van der Waals surface area contributed by atoms with Crippen LogP contribution < -0.4 is 21.9 Å². The maximum absolute atomic E-state index is 13.0. The number of halogens is 1. The SMILES string of the molecule is CCCCN(C(=O)COC(=O)CCc1ccc(F)cc1)c1c(N)n(CCC)c(=O)[nH]c1=O. The Balaban J connectivity index is 2.12. The topological polar surface area (TPSA) is 127 Å². The van der Waals surface area contributed by atoms with Crippen molar-refractivity contribution in [3.63, 3.8) is 0 Å². The number of aryl methyl sites for hydroxylation is 1. The number of hydrogen-bond acceptors (Lipinski definition) is 6. The van der Waals surface area contributed by atoms with Crippen LogP contribution in [0.2, 0.25) is 0 Å². The predicted molar refractivity (Wildman–Crippen MR) is 119 cm³/mol. The maximum Gasteiger partial charge on any atom is 0.330 e. The number of rotatable bonds is 11. The van der Waals surface area contributed by atoms with Gasteiger partial charge in [-0.3, -0.25) is 23.9 Å². The van der Waals surface area contributed by atoms with Crippen molar-refractivity contribution in [3.8, 4) is 0 Å². The molecule has 0 saturated heterocycles. The molecule has 10 heteroatoms. The van der Waals surface area contributed by atoms with Gasteiger partial charge in [-0.05, 0) is 37.0 Å². The van der Waals surface area contributed by atoms with Crippen molar-refractivity contribution in [2.45, 2.75) is 52.5 Å². The predicted octanol–water partition coefficient (Wildman–Crippen LogP) is 1.98. The van der Waals surface area contributed by atoms with E-state index in [1.54, 1.807) is 12.1 Å². The van der Waals surface area contributed by atoms with Gasteiger partial charge < -0.3 is 15.4 Å². The van der Waals surface area contributed by atoms with Crippen molar-refractivity contribution in [1.82, 2.24) is 9.55 Å². The van der Waals surface area contributed by atoms with Gasteiger partial charge in [0.25, 0.3) is 11.5 Å². The summed E-state index contributed by atoms with van der Waals surface area (Å²) in [6.07, 6.45) is 2.27. The molecule has 1 amide bonds. The molecule has 0 spiro atoms. The number of H-pyrrole nitrogens is 1. The van der Waals surface area contributed by atoms with E-state index in [0.29, 0.717) is 19.3 Å². The van der Waals surface area contributed by atoms with E-state index < -0.39 is 29.7 Å². The Labute approximate surface area is 185 Å². The number of carbonyl (C=O) groups excluding carboxylic acids is 2. The zero-order valence-electron chi connectivity index (χ0n) is 18.4. The molecule has 2 rings (SSSR count). The molecule has 0 aliphatic carbocycles. The number of nitrogen functional groups attached to an aromatic ring is 1. The number of aromatic amines is 1. The number of ether oxygens (including phenoxy) is 1. The first kappa shape index (κ1) is 24.8. The molecule has 9 nitrogen and oxygen atoms in total. The van der Waals surface area contributed by atoms with Crippen LogP contribution in [0.4, 0.5) is 15.9 Å². The van der Waals surface area contributed by atoms with Gasteiger partial charge in [-0.1, -0.05) is 32.4 Å². The second-order valence-corrected chi connectivity index (χ2v) is 7.33. The van der Waals surface area contributed by atoms with Crippen LogP contribution in [0.1, 0.15) is 45.1 Å². The van der Waals surface area contributed by atoms with Gasteiger partial charge in [-0.2, -0.15) is 0 Å². The Bertz CT molecular complexity index is 1050. The highest BCUT2D eigenvalue weighted by Crippen LogP contribution is 2.18. The first-order valence-electron chi connectivity index (χ1n) is 10.6. The molecule has 174 valence electrons. The number of benzene rings is 1. The second kappa shape index (κ2) is 11.8. The summed E-state index contributed by atoms with van der Waals surface area (Å²) in [5.41, 5.74) is 5.29. The molecule has 0 aliphatic rings. The van der Waals surface area contributed by atoms with Crippen molar-refractivity contribution in [1.29, 1.82) is 0 Å². The van der Waals surface area contributed by atoms with Gasteiger partial charge in [-0.15, -0.1) is 0 Å². The lowest BCUT2D eigenvalue weighted by Crippen LogP contribution is -2.43. The molecule has 2 aromatic rings. The van der Waals surface area contributed by atoms with E-state index in [2.05, 4.69) is 4.98 Å². The summed E-state index contributed by atoms with van der Waals surface area (Å²) in [5, 5.41) is 0. The summed E-state index contributed by atoms with van der Waals surface area (Å²) in [4.78, 5) is 52.8. The average molecular weight is 448 g/mol. The summed E-state index contributed by atoms with van der Waals surface area (Å²) in [6, 6.07) is 5.74. The second-order valence-electron chi connectivity index (χ2n) is 7.33. The van der Waals surface area contributed by atoms with Gasteiger partial charge in [-0.25, -0.2) is 9.18 Å². The van der Waals surface area contributed by atoms with Crippen LogP contribution in [-0.4, -0.2) is 34.6 Å². The molecule has 0 atom stereocenters. The van der Waals surface area contributed by atoms with Crippen molar-refractivity contribution in [2.24, 2.45) is 0 Å². The fourth-order valence-electron chi connectivity index (χ4n) is 3.15. The molecule has 32 heavy (non-hydrogen) atoms. The third-order valence-corrected chi connectivity index (χ3v) is 4.86.